The molecule has 0 bridgehead atoms. The number of carbonyl (C=O) groups excluding carboxylic acids is 1. The number of fused-ring (bicyclic) bond motifs is 1. The van der Waals surface area contributed by atoms with E-state index in [4.69, 9.17) is 9.47 Å². The second-order valence-electron chi connectivity index (χ2n) is 9.22. The number of methoxy groups -OCH3 is 1. The van der Waals surface area contributed by atoms with Crippen molar-refractivity contribution in [1.29, 1.82) is 0 Å². The third kappa shape index (κ3) is 5.21. The van der Waals surface area contributed by atoms with Crippen LogP contribution in [0.25, 0.3) is 10.9 Å². The number of nitrogens with zero attached hydrogens (tertiary/aromatic N) is 2. The number of piperidine rings is 1. The smallest absolute Gasteiger partial charge is 0.225 e. The van der Waals surface area contributed by atoms with Gasteiger partial charge in [-0.1, -0.05) is 0 Å². The molecule has 0 saturated carbocycles. The summed E-state index contributed by atoms with van der Waals surface area (Å²) in [4.78, 5) is 20.6. The molecule has 0 aliphatic carbocycles. The van der Waals surface area contributed by atoms with Gasteiger partial charge in [-0.3, -0.25) is 4.79 Å². The van der Waals surface area contributed by atoms with Crippen LogP contribution in [0.1, 0.15) is 30.7 Å². The molecule has 0 radical (unpaired) electrons. The fourth-order valence-corrected chi connectivity index (χ4v) is 5.11. The predicted molar refractivity (Wildman–Crippen MR) is 136 cm³/mol. The second kappa shape index (κ2) is 10.5. The minimum atomic E-state index is 0.0740. The van der Waals surface area contributed by atoms with Crippen molar-refractivity contribution in [3.8, 4) is 5.75 Å². The Morgan fingerprint density at radius 3 is 2.59 bits per heavy atom. The van der Waals surface area contributed by atoms with Crippen LogP contribution in [0.3, 0.4) is 0 Å². The standard InChI is InChI=1S/C27H34N4O3/c1-33-23-6-7-26-24(18-23)25(19-28-26)20-8-11-30(12-9-20)13-10-27(32)29-21-2-4-22(5-3-21)31-14-16-34-17-15-31/h2-7,18-20,28H,8-17H2,1H3,(H,29,32). The molecule has 2 saturated heterocycles. The lowest BCUT2D eigenvalue weighted by atomic mass is 9.89. The number of hydrogen-bond donors (Lipinski definition) is 2. The molecule has 3 aromatic rings. The Hall–Kier alpha value is -3.03. The number of aromatic amines is 1. The van der Waals surface area contributed by atoms with E-state index < -0.39 is 0 Å². The molecule has 5 rings (SSSR count). The Balaban J connectivity index is 1.08. The zero-order valence-electron chi connectivity index (χ0n) is 19.9. The molecular weight excluding hydrogens is 428 g/mol. The molecular formula is C27H34N4O3. The van der Waals surface area contributed by atoms with Crippen LogP contribution in [0.4, 0.5) is 11.4 Å². The van der Waals surface area contributed by atoms with Crippen LogP contribution in [-0.2, 0) is 9.53 Å². The first kappa shape index (κ1) is 22.7. The highest BCUT2D eigenvalue weighted by Gasteiger charge is 2.23. The molecule has 0 atom stereocenters. The summed E-state index contributed by atoms with van der Waals surface area (Å²) in [6.07, 6.45) is 4.88. The van der Waals surface area contributed by atoms with Gasteiger partial charge in [-0.25, -0.2) is 0 Å². The number of likely N-dealkylation sites (tertiary alicyclic amines) is 1. The van der Waals surface area contributed by atoms with Gasteiger partial charge in [-0.05, 0) is 79.9 Å². The zero-order valence-corrected chi connectivity index (χ0v) is 19.9. The Morgan fingerprint density at radius 1 is 1.09 bits per heavy atom. The van der Waals surface area contributed by atoms with E-state index in [2.05, 4.69) is 50.6 Å². The van der Waals surface area contributed by atoms with E-state index in [1.54, 1.807) is 7.11 Å². The van der Waals surface area contributed by atoms with Gasteiger partial charge in [0.2, 0.25) is 5.91 Å². The third-order valence-corrected chi connectivity index (χ3v) is 7.13. The maximum atomic E-state index is 12.5. The highest BCUT2D eigenvalue weighted by atomic mass is 16.5. The van der Waals surface area contributed by atoms with Crippen molar-refractivity contribution in [3.63, 3.8) is 0 Å². The number of amides is 1. The SMILES string of the molecule is COc1ccc2[nH]cc(C3CCN(CCC(=O)Nc4ccc(N5CCOCC5)cc4)CC3)c2c1. The molecule has 1 amide bonds. The van der Waals surface area contributed by atoms with E-state index in [-0.39, 0.29) is 5.91 Å². The molecule has 2 aliphatic rings. The number of anilines is 2. The molecule has 7 nitrogen and oxygen atoms in total. The lowest BCUT2D eigenvalue weighted by Crippen LogP contribution is -2.36. The topological polar surface area (TPSA) is 69.8 Å². The summed E-state index contributed by atoms with van der Waals surface area (Å²) in [5.41, 5.74) is 4.58. The van der Waals surface area contributed by atoms with Crippen molar-refractivity contribution < 1.29 is 14.3 Å². The van der Waals surface area contributed by atoms with Crippen LogP contribution in [0, 0.1) is 0 Å². The summed E-state index contributed by atoms with van der Waals surface area (Å²) in [6.45, 7) is 6.20. The van der Waals surface area contributed by atoms with Crippen molar-refractivity contribution in [2.24, 2.45) is 0 Å². The fourth-order valence-electron chi connectivity index (χ4n) is 5.11. The van der Waals surface area contributed by atoms with Gasteiger partial charge >= 0.3 is 0 Å². The minimum Gasteiger partial charge on any atom is -0.497 e. The van der Waals surface area contributed by atoms with E-state index >= 15 is 0 Å². The van der Waals surface area contributed by atoms with Crippen molar-refractivity contribution in [3.05, 3.63) is 54.2 Å². The number of aromatic nitrogens is 1. The maximum Gasteiger partial charge on any atom is 0.225 e. The number of ether oxygens (including phenoxy) is 2. The van der Waals surface area contributed by atoms with Gasteiger partial charge < -0.3 is 29.6 Å². The van der Waals surface area contributed by atoms with Gasteiger partial charge in [-0.15, -0.1) is 0 Å². The number of H-pyrrole nitrogens is 1. The predicted octanol–water partition coefficient (Wildman–Crippen LogP) is 4.22. The van der Waals surface area contributed by atoms with E-state index in [9.17, 15) is 4.79 Å². The van der Waals surface area contributed by atoms with Crippen molar-refractivity contribution >= 4 is 28.2 Å². The van der Waals surface area contributed by atoms with Gasteiger partial charge in [0, 0.05) is 54.5 Å². The third-order valence-electron chi connectivity index (χ3n) is 7.13. The molecule has 2 aromatic carbocycles. The molecule has 2 aliphatic heterocycles. The largest absolute Gasteiger partial charge is 0.497 e. The number of hydrogen-bond acceptors (Lipinski definition) is 5. The molecule has 3 heterocycles. The average Bonchev–Trinajstić information content (AvgIpc) is 3.32. The Bertz CT molecular complexity index is 1100. The Kier molecular flexibility index (Phi) is 7.02. The van der Waals surface area contributed by atoms with Crippen LogP contribution in [0.2, 0.25) is 0 Å². The molecule has 1 aromatic heterocycles. The second-order valence-corrected chi connectivity index (χ2v) is 9.22. The summed E-state index contributed by atoms with van der Waals surface area (Å²) in [5, 5.41) is 4.31. The normalized spacial score (nSPS) is 17.7. The number of carbonyl (C=O) groups is 1. The molecule has 0 unspecified atom stereocenters. The highest BCUT2D eigenvalue weighted by molar-refractivity contribution is 5.91. The summed E-state index contributed by atoms with van der Waals surface area (Å²) in [5.74, 6) is 1.51. The van der Waals surface area contributed by atoms with Crippen LogP contribution < -0.4 is 15.0 Å². The number of rotatable bonds is 7. The van der Waals surface area contributed by atoms with Crippen molar-refractivity contribution in [2.45, 2.75) is 25.2 Å². The Morgan fingerprint density at radius 2 is 1.85 bits per heavy atom. The van der Waals surface area contributed by atoms with Gasteiger partial charge in [0.15, 0.2) is 0 Å². The lowest BCUT2D eigenvalue weighted by molar-refractivity contribution is -0.116. The maximum absolute atomic E-state index is 12.5. The van der Waals surface area contributed by atoms with Gasteiger partial charge in [-0.2, -0.15) is 0 Å². The molecule has 7 heteroatoms. The quantitative estimate of drug-likeness (QED) is 0.550. The van der Waals surface area contributed by atoms with Gasteiger partial charge in [0.1, 0.15) is 5.75 Å². The van der Waals surface area contributed by atoms with Crippen LogP contribution in [-0.4, -0.2) is 68.8 Å². The number of nitrogens with one attached hydrogen (secondary N) is 2. The fraction of sp³-hybridized carbons (Fsp3) is 0.444. The van der Waals surface area contributed by atoms with Crippen molar-refractivity contribution in [2.75, 3.05) is 63.3 Å². The minimum absolute atomic E-state index is 0.0740. The first-order valence-electron chi connectivity index (χ1n) is 12.3. The first-order valence-corrected chi connectivity index (χ1v) is 12.3. The Labute approximate surface area is 201 Å². The first-order chi connectivity index (χ1) is 16.7. The van der Waals surface area contributed by atoms with Gasteiger partial charge in [0.05, 0.1) is 20.3 Å². The van der Waals surface area contributed by atoms with E-state index in [1.807, 2.05) is 18.2 Å². The zero-order chi connectivity index (χ0) is 23.3. The number of benzene rings is 2. The number of morpholine rings is 1. The summed E-state index contributed by atoms with van der Waals surface area (Å²) < 4.78 is 10.8. The van der Waals surface area contributed by atoms with Crippen molar-refractivity contribution in [1.82, 2.24) is 9.88 Å². The van der Waals surface area contributed by atoms with E-state index in [0.29, 0.717) is 12.3 Å². The molecule has 34 heavy (non-hydrogen) atoms. The monoisotopic (exact) mass is 462 g/mol. The van der Waals surface area contributed by atoms with Gasteiger partial charge in [0.25, 0.3) is 0 Å². The molecule has 2 fully saturated rings. The molecule has 180 valence electrons. The van der Waals surface area contributed by atoms with Crippen LogP contribution in [0.5, 0.6) is 5.75 Å². The average molecular weight is 463 g/mol. The summed E-state index contributed by atoms with van der Waals surface area (Å²) in [7, 11) is 1.71. The highest BCUT2D eigenvalue weighted by Crippen LogP contribution is 2.34. The summed E-state index contributed by atoms with van der Waals surface area (Å²) >= 11 is 0. The molecule has 2 N–H and O–H groups in total. The lowest BCUT2D eigenvalue weighted by Gasteiger charge is -2.31. The van der Waals surface area contributed by atoms with E-state index in [1.165, 1.54) is 16.6 Å². The van der Waals surface area contributed by atoms with Crippen LogP contribution >= 0.6 is 0 Å². The van der Waals surface area contributed by atoms with Crippen LogP contribution in [0.15, 0.2) is 48.7 Å². The van der Waals surface area contributed by atoms with E-state index in [0.717, 1.165) is 75.7 Å². The molecule has 0 spiro atoms. The summed E-state index contributed by atoms with van der Waals surface area (Å²) in [6, 6.07) is 14.3.